The molecule has 0 fully saturated rings. The van der Waals surface area contributed by atoms with E-state index in [1.165, 1.54) is 48.7 Å². The van der Waals surface area contributed by atoms with Crippen LogP contribution in [0, 0.1) is 0 Å². The van der Waals surface area contributed by atoms with Gasteiger partial charge in [-0.25, -0.2) is 9.78 Å². The lowest BCUT2D eigenvalue weighted by Gasteiger charge is -2.36. The Labute approximate surface area is 222 Å². The molecule has 198 valence electrons. The first-order valence-corrected chi connectivity index (χ1v) is 16.4. The Morgan fingerprint density at radius 3 is 2.54 bits per heavy atom. The first-order chi connectivity index (χ1) is 17.6. The maximum absolute atomic E-state index is 12.6. The van der Waals surface area contributed by atoms with Crippen molar-refractivity contribution in [2.45, 2.75) is 83.8 Å². The van der Waals surface area contributed by atoms with Gasteiger partial charge < -0.3 is 14.5 Å². The van der Waals surface area contributed by atoms with Gasteiger partial charge in [-0.1, -0.05) is 45.4 Å². The molecule has 0 aliphatic heterocycles. The van der Waals surface area contributed by atoms with Crippen molar-refractivity contribution in [3.63, 3.8) is 0 Å². The highest BCUT2D eigenvalue weighted by molar-refractivity contribution is 6.74. The number of methoxy groups -OCH3 is 1. The molecule has 2 heterocycles. The average molecular weight is 520 g/mol. The van der Waals surface area contributed by atoms with Gasteiger partial charge in [0.05, 0.1) is 12.6 Å². The van der Waals surface area contributed by atoms with E-state index < -0.39 is 14.3 Å². The lowest BCUT2D eigenvalue weighted by Crippen LogP contribution is -2.44. The Bertz CT molecular complexity index is 1270. The number of rotatable bonds is 8. The van der Waals surface area contributed by atoms with E-state index in [2.05, 4.69) is 68.4 Å². The smallest absolute Gasteiger partial charge is 0.360 e. The molecule has 1 aliphatic carbocycles. The van der Waals surface area contributed by atoms with Gasteiger partial charge in [-0.3, -0.25) is 4.98 Å². The van der Waals surface area contributed by atoms with Crippen LogP contribution < -0.4 is 9.74 Å². The second-order valence-electron chi connectivity index (χ2n) is 11.5. The lowest BCUT2D eigenvalue weighted by molar-refractivity contribution is 0.0591. The van der Waals surface area contributed by atoms with E-state index in [1.807, 2.05) is 12.1 Å². The number of carbonyl (C=O) groups excluding carboxylic acids is 1. The number of aryl methyl sites for hydroxylation is 2. The Kier molecular flexibility index (Phi) is 8.22. The molecule has 1 aliphatic rings. The van der Waals surface area contributed by atoms with E-state index in [0.29, 0.717) is 5.75 Å². The zero-order valence-corrected chi connectivity index (χ0v) is 24.2. The van der Waals surface area contributed by atoms with Crippen LogP contribution in [0.3, 0.4) is 0 Å². The summed E-state index contributed by atoms with van der Waals surface area (Å²) in [5, 5.41) is 4.95. The molecule has 6 nitrogen and oxygen atoms in total. The van der Waals surface area contributed by atoms with Gasteiger partial charge in [0.25, 0.3) is 8.32 Å². The number of anilines is 1. The van der Waals surface area contributed by atoms with Crippen LogP contribution in [0.25, 0.3) is 10.9 Å². The molecule has 1 N–H and O–H groups in total. The van der Waals surface area contributed by atoms with Crippen molar-refractivity contribution in [1.29, 1.82) is 0 Å². The van der Waals surface area contributed by atoms with Crippen molar-refractivity contribution in [3.05, 3.63) is 59.0 Å². The van der Waals surface area contributed by atoms with Gasteiger partial charge >= 0.3 is 5.97 Å². The average Bonchev–Trinajstić information content (AvgIpc) is 3.10. The molecule has 0 unspecified atom stereocenters. The van der Waals surface area contributed by atoms with Gasteiger partial charge in [0, 0.05) is 29.0 Å². The third-order valence-corrected chi connectivity index (χ3v) is 12.1. The molecule has 7 heteroatoms. The first-order valence-electron chi connectivity index (χ1n) is 13.5. The molecule has 0 radical (unpaired) electrons. The molecule has 2 aromatic heterocycles. The monoisotopic (exact) mass is 519 g/mol. The summed E-state index contributed by atoms with van der Waals surface area (Å²) in [6.07, 6.45) is 7.46. The van der Waals surface area contributed by atoms with Gasteiger partial charge in [0.1, 0.15) is 5.75 Å². The van der Waals surface area contributed by atoms with Crippen molar-refractivity contribution < 1.29 is 14.0 Å². The largest absolute Gasteiger partial charge is 0.542 e. The highest BCUT2D eigenvalue weighted by Gasteiger charge is 2.40. The Balaban J connectivity index is 1.49. The number of nitrogens with zero attached hydrogens (tertiary/aromatic N) is 2. The van der Waals surface area contributed by atoms with Crippen LogP contribution in [-0.4, -0.2) is 37.9 Å². The first kappa shape index (κ1) is 27.1. The fourth-order valence-electron chi connectivity index (χ4n) is 4.61. The SMILES string of the molecule is COC(=O)c1nc(CCCNc2c3c(nc4ccccc24)CCCCC3)ccc1O[Si](C)(C)C(C)(C)C. The zero-order valence-electron chi connectivity index (χ0n) is 23.2. The predicted molar refractivity (Wildman–Crippen MR) is 153 cm³/mol. The predicted octanol–water partition coefficient (Wildman–Crippen LogP) is 7.11. The van der Waals surface area contributed by atoms with Gasteiger partial charge in [-0.2, -0.15) is 0 Å². The zero-order chi connectivity index (χ0) is 26.6. The van der Waals surface area contributed by atoms with Gasteiger partial charge in [-0.15, -0.1) is 0 Å². The normalized spacial score (nSPS) is 14.1. The van der Waals surface area contributed by atoms with Crippen molar-refractivity contribution >= 4 is 30.9 Å². The van der Waals surface area contributed by atoms with Crippen LogP contribution >= 0.6 is 0 Å². The van der Waals surface area contributed by atoms with Crippen LogP contribution in [0.2, 0.25) is 18.1 Å². The molecule has 0 atom stereocenters. The van der Waals surface area contributed by atoms with Crippen molar-refractivity contribution in [3.8, 4) is 5.75 Å². The Morgan fingerprint density at radius 1 is 1.03 bits per heavy atom. The molecule has 1 aromatic carbocycles. The molecule has 0 saturated carbocycles. The number of hydrogen-bond donors (Lipinski definition) is 1. The lowest BCUT2D eigenvalue weighted by atomic mass is 10.0. The number of fused-ring (bicyclic) bond motifs is 2. The van der Waals surface area contributed by atoms with E-state index in [0.717, 1.165) is 43.4 Å². The highest BCUT2D eigenvalue weighted by atomic mass is 28.4. The summed E-state index contributed by atoms with van der Waals surface area (Å²) in [6.45, 7) is 11.7. The van der Waals surface area contributed by atoms with Crippen molar-refractivity contribution in [2.24, 2.45) is 0 Å². The van der Waals surface area contributed by atoms with Crippen LogP contribution in [0.5, 0.6) is 5.75 Å². The second-order valence-corrected chi connectivity index (χ2v) is 16.2. The number of ether oxygens (including phenoxy) is 1. The number of carbonyl (C=O) groups is 1. The summed E-state index contributed by atoms with van der Waals surface area (Å²) in [4.78, 5) is 22.2. The fourth-order valence-corrected chi connectivity index (χ4v) is 5.63. The molecule has 0 bridgehead atoms. The fraction of sp³-hybridized carbons (Fsp3) is 0.500. The Morgan fingerprint density at radius 2 is 1.78 bits per heavy atom. The topological polar surface area (TPSA) is 73.3 Å². The molecule has 4 rings (SSSR count). The summed E-state index contributed by atoms with van der Waals surface area (Å²) in [7, 11) is -0.736. The number of benzene rings is 1. The Hall–Kier alpha value is -2.93. The summed E-state index contributed by atoms with van der Waals surface area (Å²) >= 11 is 0. The minimum atomic E-state index is -2.12. The molecule has 3 aromatic rings. The van der Waals surface area contributed by atoms with E-state index in [9.17, 15) is 4.79 Å². The minimum Gasteiger partial charge on any atom is -0.542 e. The van der Waals surface area contributed by atoms with E-state index in [4.69, 9.17) is 14.1 Å². The quantitative estimate of drug-likeness (QED) is 0.148. The second kappa shape index (κ2) is 11.2. The third-order valence-electron chi connectivity index (χ3n) is 7.80. The number of aromatic nitrogens is 2. The summed E-state index contributed by atoms with van der Waals surface area (Å²) in [6, 6.07) is 12.3. The van der Waals surface area contributed by atoms with Gasteiger partial charge in [-0.05, 0) is 80.4 Å². The van der Waals surface area contributed by atoms with E-state index >= 15 is 0 Å². The maximum Gasteiger partial charge on any atom is 0.360 e. The van der Waals surface area contributed by atoms with Crippen LogP contribution in [0.1, 0.15) is 73.9 Å². The van der Waals surface area contributed by atoms with Crippen molar-refractivity contribution in [1.82, 2.24) is 9.97 Å². The molecule has 37 heavy (non-hydrogen) atoms. The van der Waals surface area contributed by atoms with Crippen LogP contribution in [0.15, 0.2) is 36.4 Å². The molecular formula is C30H41N3O3Si. The number of nitrogens with one attached hydrogen (secondary N) is 1. The molecule has 0 amide bonds. The summed E-state index contributed by atoms with van der Waals surface area (Å²) < 4.78 is 11.5. The van der Waals surface area contributed by atoms with Gasteiger partial charge in [0.15, 0.2) is 5.69 Å². The van der Waals surface area contributed by atoms with E-state index in [1.54, 1.807) is 0 Å². The van der Waals surface area contributed by atoms with Gasteiger partial charge in [0.2, 0.25) is 0 Å². The molecular weight excluding hydrogens is 478 g/mol. The summed E-state index contributed by atoms with van der Waals surface area (Å²) in [5.41, 5.74) is 6.07. The number of para-hydroxylation sites is 1. The highest BCUT2D eigenvalue weighted by Crippen LogP contribution is 2.38. The molecule has 0 spiro atoms. The number of hydrogen-bond acceptors (Lipinski definition) is 6. The van der Waals surface area contributed by atoms with E-state index in [-0.39, 0.29) is 10.7 Å². The van der Waals surface area contributed by atoms with Crippen LogP contribution in [-0.2, 0) is 24.0 Å². The standard InChI is InChI=1S/C30H41N3O3Si/c1-30(2,3)37(5,6)36-26-19-18-21(32-28(26)29(34)35-4)13-12-20-31-27-22-14-8-7-9-16-24(22)33-25-17-11-10-15-23(25)27/h10-11,15,17-19H,7-9,12-14,16,20H2,1-6H3,(H,31,33). The summed E-state index contributed by atoms with van der Waals surface area (Å²) in [5.74, 6) is 0.0610. The minimum absolute atomic E-state index is 0.0140. The number of pyridine rings is 2. The van der Waals surface area contributed by atoms with Crippen molar-refractivity contribution in [2.75, 3.05) is 19.0 Å². The number of esters is 1. The molecule has 0 saturated heterocycles. The maximum atomic E-state index is 12.6. The van der Waals surface area contributed by atoms with Crippen LogP contribution in [0.4, 0.5) is 5.69 Å². The third kappa shape index (κ3) is 6.14.